The van der Waals surface area contributed by atoms with Crippen LogP contribution in [0.1, 0.15) is 70.8 Å². The zero-order valence-electron chi connectivity index (χ0n) is 14.6. The van der Waals surface area contributed by atoms with Gasteiger partial charge in [-0.25, -0.2) is 0 Å². The molecule has 4 atom stereocenters. The molecule has 1 aromatic carbocycles. The van der Waals surface area contributed by atoms with Gasteiger partial charge in [0.1, 0.15) is 0 Å². The SMILES string of the molecule is CCCC(C)CCCC(CC1C=CC1C)c1ccc(N)cc1. The van der Waals surface area contributed by atoms with E-state index in [2.05, 4.69) is 57.2 Å². The van der Waals surface area contributed by atoms with Crippen molar-refractivity contribution < 1.29 is 0 Å². The molecule has 22 heavy (non-hydrogen) atoms. The molecular formula is C21H33N. The second-order valence-corrected chi connectivity index (χ2v) is 7.33. The summed E-state index contributed by atoms with van der Waals surface area (Å²) in [5.74, 6) is 3.09. The van der Waals surface area contributed by atoms with E-state index >= 15 is 0 Å². The number of anilines is 1. The first-order valence-corrected chi connectivity index (χ1v) is 9.14. The van der Waals surface area contributed by atoms with Crippen LogP contribution in [0.25, 0.3) is 0 Å². The van der Waals surface area contributed by atoms with Gasteiger partial charge in [0.05, 0.1) is 0 Å². The number of rotatable bonds is 9. The minimum Gasteiger partial charge on any atom is -0.399 e. The van der Waals surface area contributed by atoms with Crippen molar-refractivity contribution in [3.8, 4) is 0 Å². The first kappa shape index (κ1) is 17.1. The lowest BCUT2D eigenvalue weighted by atomic mass is 9.75. The summed E-state index contributed by atoms with van der Waals surface area (Å²) < 4.78 is 0. The minimum atomic E-state index is 0.687. The third kappa shape index (κ3) is 4.90. The molecule has 0 saturated carbocycles. The Labute approximate surface area is 137 Å². The number of hydrogen-bond acceptors (Lipinski definition) is 1. The lowest BCUT2D eigenvalue weighted by molar-refractivity contribution is 0.365. The van der Waals surface area contributed by atoms with Crippen molar-refractivity contribution >= 4 is 5.69 Å². The quantitative estimate of drug-likeness (QED) is 0.428. The van der Waals surface area contributed by atoms with Gasteiger partial charge in [0.25, 0.3) is 0 Å². The van der Waals surface area contributed by atoms with Gasteiger partial charge in [-0.1, -0.05) is 70.7 Å². The van der Waals surface area contributed by atoms with Gasteiger partial charge in [-0.15, -0.1) is 0 Å². The van der Waals surface area contributed by atoms with Crippen molar-refractivity contribution in [3.05, 3.63) is 42.0 Å². The highest BCUT2D eigenvalue weighted by molar-refractivity contribution is 5.40. The second kappa shape index (κ2) is 8.41. The van der Waals surface area contributed by atoms with Crippen molar-refractivity contribution in [1.82, 2.24) is 0 Å². The van der Waals surface area contributed by atoms with Crippen molar-refractivity contribution in [2.45, 2.75) is 65.2 Å². The topological polar surface area (TPSA) is 26.0 Å². The molecule has 0 spiro atoms. The van der Waals surface area contributed by atoms with E-state index in [1.165, 1.54) is 44.1 Å². The average molecular weight is 300 g/mol. The molecule has 2 N–H and O–H groups in total. The van der Waals surface area contributed by atoms with E-state index in [9.17, 15) is 0 Å². The predicted molar refractivity (Wildman–Crippen MR) is 97.9 cm³/mol. The lowest BCUT2D eigenvalue weighted by Crippen LogP contribution is -2.18. The van der Waals surface area contributed by atoms with Gasteiger partial charge < -0.3 is 5.73 Å². The standard InChI is InChI=1S/C21H33N/c1-4-6-16(2)7-5-8-20(15-19-10-9-17(19)3)18-11-13-21(22)14-12-18/h9-14,16-17,19-20H,4-8,15,22H2,1-3H3. The van der Waals surface area contributed by atoms with Gasteiger partial charge in [0.15, 0.2) is 0 Å². The summed E-state index contributed by atoms with van der Waals surface area (Å²) in [4.78, 5) is 0. The number of nitrogen functional groups attached to an aromatic ring is 1. The molecule has 0 heterocycles. The summed E-state index contributed by atoms with van der Waals surface area (Å²) in [5.41, 5.74) is 8.20. The van der Waals surface area contributed by atoms with Gasteiger partial charge in [-0.2, -0.15) is 0 Å². The molecule has 4 unspecified atom stereocenters. The van der Waals surface area contributed by atoms with E-state index in [0.29, 0.717) is 5.92 Å². The molecule has 0 bridgehead atoms. The zero-order chi connectivity index (χ0) is 15.9. The Morgan fingerprint density at radius 3 is 2.32 bits per heavy atom. The molecule has 1 nitrogen and oxygen atoms in total. The van der Waals surface area contributed by atoms with Crippen LogP contribution in [-0.2, 0) is 0 Å². The molecule has 1 aliphatic rings. The van der Waals surface area contributed by atoms with Crippen LogP contribution >= 0.6 is 0 Å². The molecule has 0 aliphatic heterocycles. The van der Waals surface area contributed by atoms with Gasteiger partial charge in [0.2, 0.25) is 0 Å². The maximum absolute atomic E-state index is 5.85. The van der Waals surface area contributed by atoms with Crippen molar-refractivity contribution in [3.63, 3.8) is 0 Å². The largest absolute Gasteiger partial charge is 0.399 e. The molecule has 0 aromatic heterocycles. The Kier molecular flexibility index (Phi) is 6.54. The van der Waals surface area contributed by atoms with Crippen molar-refractivity contribution in [2.24, 2.45) is 17.8 Å². The van der Waals surface area contributed by atoms with Crippen LogP contribution in [0.3, 0.4) is 0 Å². The molecule has 1 heteroatoms. The first-order valence-electron chi connectivity index (χ1n) is 9.14. The van der Waals surface area contributed by atoms with Gasteiger partial charge in [-0.05, 0) is 54.2 Å². The molecule has 2 rings (SSSR count). The monoisotopic (exact) mass is 299 g/mol. The molecule has 0 radical (unpaired) electrons. The van der Waals surface area contributed by atoms with Crippen LogP contribution < -0.4 is 5.73 Å². The second-order valence-electron chi connectivity index (χ2n) is 7.33. The van der Waals surface area contributed by atoms with Crippen LogP contribution in [0.4, 0.5) is 5.69 Å². The Morgan fingerprint density at radius 1 is 1.05 bits per heavy atom. The van der Waals surface area contributed by atoms with E-state index < -0.39 is 0 Å². The molecule has 0 fully saturated rings. The van der Waals surface area contributed by atoms with Crippen molar-refractivity contribution in [1.29, 1.82) is 0 Å². The highest BCUT2D eigenvalue weighted by Gasteiger charge is 2.24. The summed E-state index contributed by atoms with van der Waals surface area (Å²) in [6.07, 6.45) is 12.7. The molecule has 1 aliphatic carbocycles. The summed E-state index contributed by atoms with van der Waals surface area (Å²) in [5, 5.41) is 0. The minimum absolute atomic E-state index is 0.687. The maximum atomic E-state index is 5.85. The Hall–Kier alpha value is -1.24. The fourth-order valence-corrected chi connectivity index (χ4v) is 3.65. The highest BCUT2D eigenvalue weighted by Crippen LogP contribution is 2.37. The third-order valence-electron chi connectivity index (χ3n) is 5.33. The fraction of sp³-hybridized carbons (Fsp3) is 0.619. The number of hydrogen-bond donors (Lipinski definition) is 1. The Balaban J connectivity index is 1.92. The third-order valence-corrected chi connectivity index (χ3v) is 5.33. The Bertz CT molecular complexity index is 459. The van der Waals surface area contributed by atoms with E-state index in [0.717, 1.165) is 23.4 Å². The smallest absolute Gasteiger partial charge is 0.0314 e. The molecule has 122 valence electrons. The normalized spacial score (nSPS) is 23.0. The van der Waals surface area contributed by atoms with Gasteiger partial charge in [0, 0.05) is 5.69 Å². The molecule has 1 aromatic rings. The lowest BCUT2D eigenvalue weighted by Gasteiger charge is -2.30. The molecular weight excluding hydrogens is 266 g/mol. The zero-order valence-corrected chi connectivity index (χ0v) is 14.6. The van der Waals surface area contributed by atoms with E-state index in [1.54, 1.807) is 0 Å². The number of nitrogens with two attached hydrogens (primary N) is 1. The predicted octanol–water partition coefficient (Wildman–Crippen LogP) is 6.17. The van der Waals surface area contributed by atoms with Crippen LogP contribution in [0.15, 0.2) is 36.4 Å². The van der Waals surface area contributed by atoms with Crippen LogP contribution in [0, 0.1) is 17.8 Å². The number of benzene rings is 1. The molecule has 0 saturated heterocycles. The van der Waals surface area contributed by atoms with Gasteiger partial charge in [-0.3, -0.25) is 0 Å². The Morgan fingerprint density at radius 2 is 1.77 bits per heavy atom. The van der Waals surface area contributed by atoms with E-state index in [-0.39, 0.29) is 0 Å². The van der Waals surface area contributed by atoms with Crippen LogP contribution in [-0.4, -0.2) is 0 Å². The summed E-state index contributed by atoms with van der Waals surface area (Å²) in [7, 11) is 0. The summed E-state index contributed by atoms with van der Waals surface area (Å²) >= 11 is 0. The summed E-state index contributed by atoms with van der Waals surface area (Å²) in [6, 6.07) is 8.59. The first-order chi connectivity index (χ1) is 10.6. The highest BCUT2D eigenvalue weighted by atomic mass is 14.5. The fourth-order valence-electron chi connectivity index (χ4n) is 3.65. The molecule has 0 amide bonds. The van der Waals surface area contributed by atoms with Crippen molar-refractivity contribution in [2.75, 3.05) is 5.73 Å². The average Bonchev–Trinajstić information content (AvgIpc) is 2.50. The maximum Gasteiger partial charge on any atom is 0.0314 e. The van der Waals surface area contributed by atoms with Crippen LogP contribution in [0.2, 0.25) is 0 Å². The number of allylic oxidation sites excluding steroid dienone is 2. The summed E-state index contributed by atoms with van der Waals surface area (Å²) in [6.45, 7) is 7.03. The van der Waals surface area contributed by atoms with E-state index in [4.69, 9.17) is 5.73 Å². The van der Waals surface area contributed by atoms with Crippen LogP contribution in [0.5, 0.6) is 0 Å². The van der Waals surface area contributed by atoms with E-state index in [1.807, 2.05) is 0 Å². The van der Waals surface area contributed by atoms with Gasteiger partial charge >= 0.3 is 0 Å².